The van der Waals surface area contributed by atoms with Gasteiger partial charge in [0.1, 0.15) is 0 Å². The van der Waals surface area contributed by atoms with Crippen molar-refractivity contribution in [3.05, 3.63) is 35.4 Å². The van der Waals surface area contributed by atoms with Crippen LogP contribution in [-0.4, -0.2) is 18.5 Å². The van der Waals surface area contributed by atoms with E-state index in [1.807, 2.05) is 12.1 Å². The Morgan fingerprint density at radius 1 is 1.44 bits per heavy atom. The summed E-state index contributed by atoms with van der Waals surface area (Å²) < 4.78 is 0. The molecule has 1 aromatic rings. The van der Waals surface area contributed by atoms with Crippen LogP contribution in [0.15, 0.2) is 24.3 Å². The Morgan fingerprint density at radius 2 is 2.06 bits per heavy atom. The van der Waals surface area contributed by atoms with Crippen molar-refractivity contribution in [2.24, 2.45) is 5.73 Å². The third kappa shape index (κ3) is 4.64. The summed E-state index contributed by atoms with van der Waals surface area (Å²) in [6.45, 7) is 4.40. The van der Waals surface area contributed by atoms with Crippen LogP contribution >= 0.6 is 12.4 Å². The second kappa shape index (κ2) is 7.25. The number of aryl methyl sites for hydroxylation is 1. The second-order valence-corrected chi connectivity index (χ2v) is 3.76. The summed E-state index contributed by atoms with van der Waals surface area (Å²) in [6, 6.07) is 7.74. The van der Waals surface area contributed by atoms with Crippen molar-refractivity contribution < 1.29 is 4.79 Å². The van der Waals surface area contributed by atoms with E-state index in [4.69, 9.17) is 5.73 Å². The van der Waals surface area contributed by atoms with Crippen LogP contribution in [-0.2, 0) is 11.2 Å². The largest absolute Gasteiger partial charge is 0.354 e. The topological polar surface area (TPSA) is 55.1 Å². The molecule has 0 heterocycles. The van der Waals surface area contributed by atoms with Crippen LogP contribution < -0.4 is 11.1 Å². The molecule has 3 nitrogen and oxygen atoms in total. The minimum atomic E-state index is -0.429. The first kappa shape index (κ1) is 14.9. The number of carbonyl (C=O) groups excluding carboxylic acids is 1. The average molecular weight is 243 g/mol. The maximum Gasteiger partial charge on any atom is 0.236 e. The van der Waals surface area contributed by atoms with Crippen molar-refractivity contribution in [3.8, 4) is 0 Å². The van der Waals surface area contributed by atoms with Gasteiger partial charge >= 0.3 is 0 Å². The number of amides is 1. The number of nitrogens with two attached hydrogens (primary N) is 1. The lowest BCUT2D eigenvalue weighted by Crippen LogP contribution is -2.39. The molecule has 0 saturated heterocycles. The first-order valence-corrected chi connectivity index (χ1v) is 5.19. The van der Waals surface area contributed by atoms with Crippen molar-refractivity contribution in [2.75, 3.05) is 6.54 Å². The molecule has 0 aliphatic rings. The molecule has 0 bridgehead atoms. The summed E-state index contributed by atoms with van der Waals surface area (Å²) in [4.78, 5) is 11.2. The van der Waals surface area contributed by atoms with Crippen LogP contribution in [0.5, 0.6) is 0 Å². The van der Waals surface area contributed by atoms with Crippen molar-refractivity contribution in [3.63, 3.8) is 0 Å². The standard InChI is InChI=1S/C12H18N2O.ClH/c1-9-5-3-4-6-11(9)7-8-14-12(15)10(2)13;/h3-6,10H,7-8,13H2,1-2H3,(H,14,15);1H/t10-;/m0./s1. The van der Waals surface area contributed by atoms with Crippen molar-refractivity contribution in [1.82, 2.24) is 5.32 Å². The van der Waals surface area contributed by atoms with Gasteiger partial charge in [-0.3, -0.25) is 4.79 Å². The van der Waals surface area contributed by atoms with Crippen LogP contribution in [0.1, 0.15) is 18.1 Å². The maximum absolute atomic E-state index is 11.2. The molecule has 0 spiro atoms. The molecule has 0 aliphatic carbocycles. The first-order valence-electron chi connectivity index (χ1n) is 5.19. The van der Waals surface area contributed by atoms with E-state index in [1.165, 1.54) is 11.1 Å². The number of benzene rings is 1. The molecule has 0 radical (unpaired) electrons. The van der Waals surface area contributed by atoms with Gasteiger partial charge in [0.2, 0.25) is 5.91 Å². The quantitative estimate of drug-likeness (QED) is 0.839. The highest BCUT2D eigenvalue weighted by atomic mass is 35.5. The van der Waals surface area contributed by atoms with Crippen LogP contribution in [0.3, 0.4) is 0 Å². The summed E-state index contributed by atoms with van der Waals surface area (Å²) in [5, 5.41) is 2.79. The van der Waals surface area contributed by atoms with E-state index in [0.717, 1.165) is 6.42 Å². The highest BCUT2D eigenvalue weighted by Gasteiger charge is 2.05. The van der Waals surface area contributed by atoms with E-state index in [0.29, 0.717) is 6.54 Å². The fourth-order valence-corrected chi connectivity index (χ4v) is 1.37. The van der Waals surface area contributed by atoms with Crippen molar-refractivity contribution in [2.45, 2.75) is 26.3 Å². The molecule has 1 aromatic carbocycles. The number of hydrogen-bond donors (Lipinski definition) is 2. The Morgan fingerprint density at radius 3 is 2.62 bits per heavy atom. The highest BCUT2D eigenvalue weighted by Crippen LogP contribution is 2.06. The second-order valence-electron chi connectivity index (χ2n) is 3.76. The molecule has 0 aromatic heterocycles. The zero-order chi connectivity index (χ0) is 11.3. The van der Waals surface area contributed by atoms with Crippen molar-refractivity contribution in [1.29, 1.82) is 0 Å². The Bertz CT molecular complexity index is 340. The summed E-state index contributed by atoms with van der Waals surface area (Å²) in [5.41, 5.74) is 7.96. The van der Waals surface area contributed by atoms with Crippen LogP contribution in [0.4, 0.5) is 0 Å². The minimum Gasteiger partial charge on any atom is -0.354 e. The normalized spacial score (nSPS) is 11.4. The molecular weight excluding hydrogens is 224 g/mol. The van der Waals surface area contributed by atoms with E-state index < -0.39 is 6.04 Å². The maximum atomic E-state index is 11.2. The minimum absolute atomic E-state index is 0. The van der Waals surface area contributed by atoms with Gasteiger partial charge in [-0.05, 0) is 31.4 Å². The van der Waals surface area contributed by atoms with Gasteiger partial charge in [0.15, 0.2) is 0 Å². The van der Waals surface area contributed by atoms with Gasteiger partial charge in [0.25, 0.3) is 0 Å². The third-order valence-corrected chi connectivity index (χ3v) is 2.37. The summed E-state index contributed by atoms with van der Waals surface area (Å²) in [5.74, 6) is -0.0939. The molecule has 4 heteroatoms. The Balaban J connectivity index is 0.00000225. The van der Waals surface area contributed by atoms with Gasteiger partial charge in [0.05, 0.1) is 6.04 Å². The highest BCUT2D eigenvalue weighted by molar-refractivity contribution is 5.85. The van der Waals surface area contributed by atoms with Crippen molar-refractivity contribution >= 4 is 18.3 Å². The smallest absolute Gasteiger partial charge is 0.236 e. The molecule has 1 atom stereocenters. The predicted molar refractivity (Wildman–Crippen MR) is 68.8 cm³/mol. The van der Waals surface area contributed by atoms with Crippen LogP contribution in [0.2, 0.25) is 0 Å². The van der Waals surface area contributed by atoms with E-state index in [1.54, 1.807) is 6.92 Å². The Kier molecular flexibility index (Phi) is 6.77. The van der Waals surface area contributed by atoms with E-state index in [2.05, 4.69) is 24.4 Å². The number of carbonyl (C=O) groups is 1. The zero-order valence-electron chi connectivity index (χ0n) is 9.69. The number of nitrogens with one attached hydrogen (secondary N) is 1. The molecule has 0 fully saturated rings. The fraction of sp³-hybridized carbons (Fsp3) is 0.417. The monoisotopic (exact) mass is 242 g/mol. The van der Waals surface area contributed by atoms with E-state index in [9.17, 15) is 4.79 Å². The molecule has 3 N–H and O–H groups in total. The van der Waals surface area contributed by atoms with Gasteiger partial charge in [-0.15, -0.1) is 12.4 Å². The van der Waals surface area contributed by atoms with Crippen LogP contribution in [0.25, 0.3) is 0 Å². The molecule has 1 amide bonds. The fourth-order valence-electron chi connectivity index (χ4n) is 1.37. The van der Waals surface area contributed by atoms with Gasteiger partial charge in [-0.1, -0.05) is 24.3 Å². The lowest BCUT2D eigenvalue weighted by atomic mass is 10.1. The Hall–Kier alpha value is -1.06. The van der Waals surface area contributed by atoms with Gasteiger partial charge in [-0.2, -0.15) is 0 Å². The first-order chi connectivity index (χ1) is 7.11. The number of hydrogen-bond acceptors (Lipinski definition) is 2. The summed E-state index contributed by atoms with van der Waals surface area (Å²) in [6.07, 6.45) is 0.852. The van der Waals surface area contributed by atoms with Gasteiger partial charge in [0, 0.05) is 6.54 Å². The average Bonchev–Trinajstić information content (AvgIpc) is 2.20. The number of halogens is 1. The summed E-state index contributed by atoms with van der Waals surface area (Å²) in [7, 11) is 0. The molecule has 0 saturated carbocycles. The molecule has 0 aliphatic heterocycles. The lowest BCUT2D eigenvalue weighted by molar-refractivity contribution is -0.121. The molecule has 90 valence electrons. The molecular formula is C12H19ClN2O. The third-order valence-electron chi connectivity index (χ3n) is 2.37. The number of rotatable bonds is 4. The summed E-state index contributed by atoms with van der Waals surface area (Å²) >= 11 is 0. The molecule has 0 unspecified atom stereocenters. The van der Waals surface area contributed by atoms with Crippen LogP contribution in [0, 0.1) is 6.92 Å². The Labute approximate surface area is 103 Å². The molecule has 16 heavy (non-hydrogen) atoms. The molecule has 1 rings (SSSR count). The lowest BCUT2D eigenvalue weighted by Gasteiger charge is -2.08. The van der Waals surface area contributed by atoms with Gasteiger partial charge < -0.3 is 11.1 Å². The van der Waals surface area contributed by atoms with E-state index in [-0.39, 0.29) is 18.3 Å². The predicted octanol–water partition coefficient (Wildman–Crippen LogP) is 1.42. The zero-order valence-corrected chi connectivity index (χ0v) is 10.5. The van der Waals surface area contributed by atoms with E-state index >= 15 is 0 Å². The SMILES string of the molecule is Cc1ccccc1CCNC(=O)[C@H](C)N.Cl. The van der Waals surface area contributed by atoms with Gasteiger partial charge in [-0.25, -0.2) is 0 Å².